The lowest BCUT2D eigenvalue weighted by Crippen LogP contribution is -2.51. The predicted octanol–water partition coefficient (Wildman–Crippen LogP) is 0.981. The molecular weight excluding hydrogens is 356 g/mol. The summed E-state index contributed by atoms with van der Waals surface area (Å²) >= 11 is 0. The highest BCUT2D eigenvalue weighted by molar-refractivity contribution is 5.86. The van der Waals surface area contributed by atoms with Crippen LogP contribution >= 0.6 is 12.4 Å². The van der Waals surface area contributed by atoms with Gasteiger partial charge in [-0.25, -0.2) is 0 Å². The maximum absolute atomic E-state index is 12.6. The van der Waals surface area contributed by atoms with Crippen molar-refractivity contribution < 1.29 is 9.53 Å². The Morgan fingerprint density at radius 3 is 2.62 bits per heavy atom. The molecule has 1 aliphatic carbocycles. The highest BCUT2D eigenvalue weighted by atomic mass is 35.5. The molecule has 1 aliphatic heterocycles. The minimum Gasteiger partial charge on any atom is -0.381 e. The van der Waals surface area contributed by atoms with Crippen molar-refractivity contribution in [3.05, 3.63) is 11.6 Å². The molecule has 1 aromatic rings. The number of hydrogen-bond donors (Lipinski definition) is 1. The van der Waals surface area contributed by atoms with Crippen LogP contribution in [0.1, 0.15) is 43.3 Å². The van der Waals surface area contributed by atoms with E-state index in [0.29, 0.717) is 32.0 Å². The molecule has 1 N–H and O–H groups in total. The van der Waals surface area contributed by atoms with E-state index in [1.807, 2.05) is 21.1 Å². The maximum Gasteiger partial charge on any atom is 0.240 e. The topological polar surface area (TPSA) is 96.1 Å². The fraction of sp³-hybridized carbons (Fsp3) is 0.765. The number of ether oxygens (including phenoxy) is 1. The van der Waals surface area contributed by atoms with Crippen LogP contribution in [0.25, 0.3) is 0 Å². The molecule has 9 heteroatoms. The first kappa shape index (κ1) is 20.6. The van der Waals surface area contributed by atoms with Gasteiger partial charge in [0.15, 0.2) is 0 Å². The van der Waals surface area contributed by atoms with Crippen LogP contribution in [0.15, 0.2) is 0 Å². The van der Waals surface area contributed by atoms with E-state index < -0.39 is 5.41 Å². The molecule has 1 amide bonds. The zero-order valence-electron chi connectivity index (χ0n) is 15.6. The van der Waals surface area contributed by atoms with Gasteiger partial charge in [0.25, 0.3) is 0 Å². The monoisotopic (exact) mass is 382 g/mol. The van der Waals surface area contributed by atoms with Crippen LogP contribution in [0.3, 0.4) is 0 Å². The van der Waals surface area contributed by atoms with Gasteiger partial charge in [0, 0.05) is 32.2 Å². The van der Waals surface area contributed by atoms with Gasteiger partial charge in [0.2, 0.25) is 5.91 Å². The summed E-state index contributed by atoms with van der Waals surface area (Å²) in [6, 6.07) is 2.33. The lowest BCUT2D eigenvalue weighted by molar-refractivity contribution is -0.133. The summed E-state index contributed by atoms with van der Waals surface area (Å²) < 4.78 is 7.34. The van der Waals surface area contributed by atoms with Crippen LogP contribution in [0.2, 0.25) is 0 Å². The Balaban J connectivity index is 0.00000243. The highest BCUT2D eigenvalue weighted by Crippen LogP contribution is 2.37. The minimum absolute atomic E-state index is 0. The molecule has 0 atom stereocenters. The Bertz CT molecular complexity index is 671. The summed E-state index contributed by atoms with van der Waals surface area (Å²) in [7, 11) is 6.00. The number of carbonyl (C=O) groups is 1. The summed E-state index contributed by atoms with van der Waals surface area (Å²) in [5, 5.41) is 21.1. The van der Waals surface area contributed by atoms with Gasteiger partial charge in [-0.05, 0) is 39.8 Å². The van der Waals surface area contributed by atoms with E-state index in [0.717, 1.165) is 31.0 Å². The molecule has 8 nitrogen and oxygen atoms in total. The second-order valence-corrected chi connectivity index (χ2v) is 7.42. The number of halogens is 1. The Morgan fingerprint density at radius 1 is 1.38 bits per heavy atom. The maximum atomic E-state index is 12.6. The van der Waals surface area contributed by atoms with Crippen molar-refractivity contribution in [2.24, 2.45) is 12.5 Å². The van der Waals surface area contributed by atoms with Crippen LogP contribution in [-0.4, -0.2) is 58.9 Å². The average Bonchev–Trinajstić information content (AvgIpc) is 2.91. The number of aromatic nitrogens is 3. The van der Waals surface area contributed by atoms with E-state index in [1.165, 1.54) is 0 Å². The largest absolute Gasteiger partial charge is 0.381 e. The molecule has 0 aromatic carbocycles. The number of rotatable bonds is 5. The molecule has 26 heavy (non-hydrogen) atoms. The van der Waals surface area contributed by atoms with Crippen molar-refractivity contribution in [3.63, 3.8) is 0 Å². The van der Waals surface area contributed by atoms with Crippen molar-refractivity contribution in [2.75, 3.05) is 27.3 Å². The Kier molecular flexibility index (Phi) is 6.61. The fourth-order valence-electron chi connectivity index (χ4n) is 3.53. The van der Waals surface area contributed by atoms with E-state index in [4.69, 9.17) is 4.74 Å². The van der Waals surface area contributed by atoms with Crippen molar-refractivity contribution in [2.45, 2.75) is 44.2 Å². The molecule has 0 bridgehead atoms. The van der Waals surface area contributed by atoms with Crippen LogP contribution < -0.4 is 5.32 Å². The fourth-order valence-corrected chi connectivity index (χ4v) is 3.53. The molecule has 1 aromatic heterocycles. The van der Waals surface area contributed by atoms with E-state index in [2.05, 4.69) is 31.1 Å². The zero-order valence-corrected chi connectivity index (χ0v) is 16.4. The quantitative estimate of drug-likeness (QED) is 0.815. The average molecular weight is 383 g/mol. The van der Waals surface area contributed by atoms with Gasteiger partial charge in [0.05, 0.1) is 12.6 Å². The molecule has 2 heterocycles. The highest BCUT2D eigenvalue weighted by Gasteiger charge is 2.43. The number of nitriles is 1. The van der Waals surface area contributed by atoms with Gasteiger partial charge in [-0.15, -0.1) is 22.6 Å². The Morgan fingerprint density at radius 2 is 2.04 bits per heavy atom. The minimum atomic E-state index is -0.924. The number of carbonyl (C=O) groups excluding carboxylic acids is 1. The van der Waals surface area contributed by atoms with Crippen LogP contribution in [0, 0.1) is 16.7 Å². The summed E-state index contributed by atoms with van der Waals surface area (Å²) in [4.78, 5) is 14.6. The van der Waals surface area contributed by atoms with Crippen LogP contribution in [0.4, 0.5) is 0 Å². The SMILES string of the molecule is CN(C)Cc1nnc(C2CC(NC(=O)C3(C#N)CCOCC3)C2)n1C.Cl. The predicted molar refractivity (Wildman–Crippen MR) is 97.6 cm³/mol. The molecule has 1 saturated carbocycles. The number of amides is 1. The van der Waals surface area contributed by atoms with Crippen LogP contribution in [0.5, 0.6) is 0 Å². The summed E-state index contributed by atoms with van der Waals surface area (Å²) in [5.41, 5.74) is -0.924. The molecule has 2 fully saturated rings. The first-order chi connectivity index (χ1) is 11.9. The first-order valence-electron chi connectivity index (χ1n) is 8.78. The van der Waals surface area contributed by atoms with Gasteiger partial charge >= 0.3 is 0 Å². The molecule has 3 rings (SSSR count). The standard InChI is InChI=1S/C17H26N6O2.ClH/c1-22(2)10-14-20-21-15(23(14)3)12-8-13(9-12)19-16(24)17(11-18)4-6-25-7-5-17;/h12-13H,4-10H2,1-3H3,(H,19,24);1H. The second-order valence-electron chi connectivity index (χ2n) is 7.42. The van der Waals surface area contributed by atoms with Gasteiger partial charge in [0.1, 0.15) is 17.1 Å². The third-order valence-electron chi connectivity index (χ3n) is 5.29. The lowest BCUT2D eigenvalue weighted by Gasteiger charge is -2.38. The number of nitrogens with zero attached hydrogens (tertiary/aromatic N) is 5. The normalized spacial score (nSPS) is 24.3. The van der Waals surface area contributed by atoms with Crippen molar-refractivity contribution in [1.29, 1.82) is 5.26 Å². The van der Waals surface area contributed by atoms with Gasteiger partial charge < -0.3 is 19.5 Å². The molecule has 1 saturated heterocycles. The molecule has 144 valence electrons. The van der Waals surface area contributed by atoms with Crippen LogP contribution in [-0.2, 0) is 23.1 Å². The van der Waals surface area contributed by atoms with Gasteiger partial charge in [-0.1, -0.05) is 0 Å². The first-order valence-corrected chi connectivity index (χ1v) is 8.78. The summed E-state index contributed by atoms with van der Waals surface area (Å²) in [5.74, 6) is 2.08. The third-order valence-corrected chi connectivity index (χ3v) is 5.29. The zero-order chi connectivity index (χ0) is 18.0. The Labute approximate surface area is 160 Å². The number of hydrogen-bond acceptors (Lipinski definition) is 6. The molecule has 0 spiro atoms. The molecular formula is C17H27ClN6O2. The molecule has 0 radical (unpaired) electrons. The summed E-state index contributed by atoms with van der Waals surface area (Å²) in [6.45, 7) is 1.70. The molecule has 0 unspecified atom stereocenters. The van der Waals surface area contributed by atoms with Crippen molar-refractivity contribution >= 4 is 18.3 Å². The van der Waals surface area contributed by atoms with Gasteiger partial charge in [-0.3, -0.25) is 4.79 Å². The summed E-state index contributed by atoms with van der Waals surface area (Å²) in [6.07, 6.45) is 2.64. The van der Waals surface area contributed by atoms with E-state index in [-0.39, 0.29) is 24.4 Å². The number of nitrogens with one attached hydrogen (secondary N) is 1. The molecule has 2 aliphatic rings. The second kappa shape index (κ2) is 8.33. The van der Waals surface area contributed by atoms with Crippen molar-refractivity contribution in [3.8, 4) is 6.07 Å². The lowest BCUT2D eigenvalue weighted by atomic mass is 9.77. The Hall–Kier alpha value is -1.69. The van der Waals surface area contributed by atoms with E-state index in [9.17, 15) is 10.1 Å². The smallest absolute Gasteiger partial charge is 0.240 e. The van der Waals surface area contributed by atoms with Gasteiger partial charge in [-0.2, -0.15) is 5.26 Å². The van der Waals surface area contributed by atoms with E-state index in [1.54, 1.807) is 0 Å². The third kappa shape index (κ3) is 4.00. The van der Waals surface area contributed by atoms with E-state index >= 15 is 0 Å². The van der Waals surface area contributed by atoms with Crippen molar-refractivity contribution in [1.82, 2.24) is 25.0 Å².